The van der Waals surface area contributed by atoms with E-state index < -0.39 is 10.5 Å². The van der Waals surface area contributed by atoms with Crippen LogP contribution < -0.4 is 5.32 Å². The van der Waals surface area contributed by atoms with Gasteiger partial charge in [-0.05, 0) is 29.3 Å². The molecule has 1 aromatic heterocycles. The number of rotatable bonds is 6. The Balaban J connectivity index is 1.98. The molecule has 0 saturated carbocycles. The minimum absolute atomic E-state index is 0.0928. The van der Waals surface area contributed by atoms with Crippen LogP contribution in [0.1, 0.15) is 18.1 Å². The van der Waals surface area contributed by atoms with E-state index in [9.17, 15) is 15.2 Å². The number of nitro groups is 1. The molecule has 0 amide bonds. The van der Waals surface area contributed by atoms with Gasteiger partial charge in [-0.15, -0.1) is 0 Å². The van der Waals surface area contributed by atoms with Crippen LogP contribution >= 0.6 is 11.3 Å². The summed E-state index contributed by atoms with van der Waals surface area (Å²) in [5.74, 6) is 0. The van der Waals surface area contributed by atoms with Crippen LogP contribution in [0.25, 0.3) is 0 Å². The molecule has 1 aromatic carbocycles. The largest absolute Gasteiger partial charge is 0.384 e. The van der Waals surface area contributed by atoms with E-state index in [0.29, 0.717) is 18.7 Å². The van der Waals surface area contributed by atoms with Gasteiger partial charge in [-0.2, -0.15) is 11.3 Å². The van der Waals surface area contributed by atoms with Gasteiger partial charge in [0.05, 0.1) is 10.5 Å². The number of thiophene rings is 1. The van der Waals surface area contributed by atoms with E-state index in [1.54, 1.807) is 25.1 Å². The average Bonchev–Trinajstić information content (AvgIpc) is 2.93. The summed E-state index contributed by atoms with van der Waals surface area (Å²) in [6.45, 7) is 2.40. The highest BCUT2D eigenvalue weighted by molar-refractivity contribution is 7.08. The first-order valence-electron chi connectivity index (χ1n) is 6.19. The Morgan fingerprint density at radius 1 is 1.40 bits per heavy atom. The van der Waals surface area contributed by atoms with Crippen molar-refractivity contribution in [2.24, 2.45) is 0 Å². The summed E-state index contributed by atoms with van der Waals surface area (Å²) in [5.41, 5.74) is 0.565. The summed E-state index contributed by atoms with van der Waals surface area (Å²) in [4.78, 5) is 10.5. The molecule has 1 atom stereocenters. The van der Waals surface area contributed by atoms with E-state index in [2.05, 4.69) is 5.32 Å². The normalized spacial score (nSPS) is 13.9. The minimum Gasteiger partial charge on any atom is -0.384 e. The number of nitrogens with zero attached hydrogens (tertiary/aromatic N) is 1. The van der Waals surface area contributed by atoms with Gasteiger partial charge < -0.3 is 10.4 Å². The SMILES string of the molecule is CC(O)(CNCc1ccccc1[N+](=O)[O-])c1ccsc1. The zero-order valence-corrected chi connectivity index (χ0v) is 11.9. The Morgan fingerprint density at radius 2 is 2.15 bits per heavy atom. The molecule has 2 rings (SSSR count). The molecular formula is C14H16N2O3S. The van der Waals surface area contributed by atoms with Crippen LogP contribution in [-0.2, 0) is 12.1 Å². The van der Waals surface area contributed by atoms with E-state index in [1.165, 1.54) is 17.4 Å². The van der Waals surface area contributed by atoms with Gasteiger partial charge in [0.15, 0.2) is 0 Å². The zero-order valence-electron chi connectivity index (χ0n) is 11.1. The third kappa shape index (κ3) is 3.41. The van der Waals surface area contributed by atoms with Gasteiger partial charge in [0.25, 0.3) is 5.69 Å². The van der Waals surface area contributed by atoms with E-state index in [1.807, 2.05) is 16.8 Å². The van der Waals surface area contributed by atoms with Crippen LogP contribution in [0, 0.1) is 10.1 Å². The number of para-hydroxylation sites is 1. The van der Waals surface area contributed by atoms with E-state index in [0.717, 1.165) is 5.56 Å². The van der Waals surface area contributed by atoms with Crippen molar-refractivity contribution in [2.75, 3.05) is 6.54 Å². The van der Waals surface area contributed by atoms with Crippen LogP contribution in [0.4, 0.5) is 5.69 Å². The van der Waals surface area contributed by atoms with Crippen molar-refractivity contribution in [1.82, 2.24) is 5.32 Å². The van der Waals surface area contributed by atoms with Crippen molar-refractivity contribution in [1.29, 1.82) is 0 Å². The van der Waals surface area contributed by atoms with E-state index in [-0.39, 0.29) is 5.69 Å². The third-order valence-corrected chi connectivity index (χ3v) is 3.80. The molecule has 0 aliphatic heterocycles. The van der Waals surface area contributed by atoms with Crippen molar-refractivity contribution >= 4 is 17.0 Å². The van der Waals surface area contributed by atoms with Gasteiger partial charge in [-0.3, -0.25) is 10.1 Å². The number of hydrogen-bond donors (Lipinski definition) is 2. The lowest BCUT2D eigenvalue weighted by molar-refractivity contribution is -0.385. The highest BCUT2D eigenvalue weighted by Gasteiger charge is 2.23. The van der Waals surface area contributed by atoms with E-state index in [4.69, 9.17) is 0 Å². The molecule has 0 aliphatic rings. The highest BCUT2D eigenvalue weighted by Crippen LogP contribution is 2.23. The number of nitrogens with one attached hydrogen (secondary N) is 1. The van der Waals surface area contributed by atoms with Crippen LogP contribution in [0.15, 0.2) is 41.1 Å². The van der Waals surface area contributed by atoms with Crippen molar-refractivity contribution in [3.63, 3.8) is 0 Å². The summed E-state index contributed by atoms with van der Waals surface area (Å²) in [6, 6.07) is 8.47. The minimum atomic E-state index is -0.983. The van der Waals surface area contributed by atoms with Crippen molar-refractivity contribution in [2.45, 2.75) is 19.1 Å². The molecule has 2 N–H and O–H groups in total. The third-order valence-electron chi connectivity index (χ3n) is 3.12. The Hall–Kier alpha value is -1.76. The van der Waals surface area contributed by atoms with Gasteiger partial charge in [0.1, 0.15) is 0 Å². The molecule has 2 aromatic rings. The molecule has 0 spiro atoms. The number of aliphatic hydroxyl groups is 1. The highest BCUT2D eigenvalue weighted by atomic mass is 32.1. The molecule has 6 heteroatoms. The second-order valence-electron chi connectivity index (χ2n) is 4.78. The van der Waals surface area contributed by atoms with Gasteiger partial charge in [-0.1, -0.05) is 18.2 Å². The zero-order chi connectivity index (χ0) is 14.6. The number of hydrogen-bond acceptors (Lipinski definition) is 5. The maximum Gasteiger partial charge on any atom is 0.273 e. The van der Waals surface area contributed by atoms with Crippen LogP contribution in [-0.4, -0.2) is 16.6 Å². The summed E-state index contributed by atoms with van der Waals surface area (Å²) in [6.07, 6.45) is 0. The predicted octanol–water partition coefficient (Wildman–Crippen LogP) is 2.65. The Kier molecular flexibility index (Phi) is 4.49. The van der Waals surface area contributed by atoms with Crippen LogP contribution in [0.5, 0.6) is 0 Å². The summed E-state index contributed by atoms with van der Waals surface area (Å²) >= 11 is 1.53. The molecule has 0 fully saturated rings. The van der Waals surface area contributed by atoms with Gasteiger partial charge in [0.2, 0.25) is 0 Å². The molecule has 1 heterocycles. The fourth-order valence-corrected chi connectivity index (χ4v) is 2.73. The summed E-state index contributed by atoms with van der Waals surface area (Å²) < 4.78 is 0. The lowest BCUT2D eigenvalue weighted by Crippen LogP contribution is -2.34. The van der Waals surface area contributed by atoms with Crippen molar-refractivity contribution < 1.29 is 10.0 Å². The molecule has 0 bridgehead atoms. The van der Waals surface area contributed by atoms with Crippen molar-refractivity contribution in [3.05, 3.63) is 62.3 Å². The van der Waals surface area contributed by atoms with Gasteiger partial charge in [-0.25, -0.2) is 0 Å². The average molecular weight is 292 g/mol. The molecule has 5 nitrogen and oxygen atoms in total. The van der Waals surface area contributed by atoms with E-state index >= 15 is 0 Å². The molecular weight excluding hydrogens is 276 g/mol. The molecule has 20 heavy (non-hydrogen) atoms. The first kappa shape index (κ1) is 14.6. The standard InChI is InChI=1S/C14H16N2O3S/c1-14(17,12-6-7-20-9-12)10-15-8-11-4-2-3-5-13(11)16(18)19/h2-7,9,15,17H,8,10H2,1H3. The second-order valence-corrected chi connectivity index (χ2v) is 5.56. The van der Waals surface area contributed by atoms with Crippen LogP contribution in [0.3, 0.4) is 0 Å². The lowest BCUT2D eigenvalue weighted by atomic mass is 9.99. The van der Waals surface area contributed by atoms with Crippen LogP contribution in [0.2, 0.25) is 0 Å². The maximum absolute atomic E-state index is 10.9. The topological polar surface area (TPSA) is 75.4 Å². The van der Waals surface area contributed by atoms with Gasteiger partial charge in [0, 0.05) is 24.7 Å². The fourth-order valence-electron chi connectivity index (χ4n) is 1.95. The lowest BCUT2D eigenvalue weighted by Gasteiger charge is -2.22. The molecule has 0 radical (unpaired) electrons. The first-order chi connectivity index (χ1) is 9.50. The monoisotopic (exact) mass is 292 g/mol. The van der Waals surface area contributed by atoms with Crippen molar-refractivity contribution in [3.8, 4) is 0 Å². The quantitative estimate of drug-likeness (QED) is 0.634. The summed E-state index contributed by atoms with van der Waals surface area (Å²) in [7, 11) is 0. The second kappa shape index (κ2) is 6.13. The molecule has 0 aliphatic carbocycles. The molecule has 1 unspecified atom stereocenters. The number of nitro benzene ring substituents is 1. The first-order valence-corrected chi connectivity index (χ1v) is 7.13. The predicted molar refractivity (Wildman–Crippen MR) is 78.7 cm³/mol. The number of benzene rings is 1. The smallest absolute Gasteiger partial charge is 0.273 e. The Bertz CT molecular complexity index is 582. The molecule has 106 valence electrons. The fraction of sp³-hybridized carbons (Fsp3) is 0.286. The summed E-state index contributed by atoms with van der Waals surface area (Å²) in [5, 5.41) is 28.1. The maximum atomic E-state index is 10.9. The van der Waals surface area contributed by atoms with Gasteiger partial charge >= 0.3 is 0 Å². The Morgan fingerprint density at radius 3 is 2.80 bits per heavy atom. The Labute approximate surface area is 121 Å². The molecule has 0 saturated heterocycles.